The molecule has 15 nitrogen and oxygen atoms in total. The number of aliphatic hydroxyl groups excluding tert-OH is 2. The van der Waals surface area contributed by atoms with Gasteiger partial charge in [-0.15, -0.1) is 0 Å². The molecule has 3 heterocycles. The van der Waals surface area contributed by atoms with E-state index in [1.54, 1.807) is 39.8 Å². The van der Waals surface area contributed by atoms with Crippen molar-refractivity contribution in [3.8, 4) is 23.0 Å². The first-order valence-electron chi connectivity index (χ1n) is 21.1. The summed E-state index contributed by atoms with van der Waals surface area (Å²) < 4.78 is 23.6. The van der Waals surface area contributed by atoms with Crippen molar-refractivity contribution in [1.82, 2.24) is 0 Å². The molecule has 0 spiro atoms. The average molecular weight is 853 g/mol. The second-order valence-corrected chi connectivity index (χ2v) is 16.5. The van der Waals surface area contributed by atoms with Crippen LogP contribution in [0.2, 0.25) is 0 Å². The monoisotopic (exact) mass is 852 g/mol. The standard InChI is InChI=1S/C46H64N2O13/c1-11-12-13-14-15-16-21-59-47-23-31-36-41(54)34-33(40(31)53)35-43(29(7)39(34)52)61-46(9,44(35)55)58-22-20-32(57-10)26(4)42(60-30(8)49)28(6)38(51)27(5)37(50)24(2)18-17-19-25(3)45(56)48-36/h17-20,22-24,26-28,32,37-38,42,50-54H,11-16,21H2,1-10H3,(H,48,56)/b18-17+,22-20+,25-19-,47-23-/t24-,26+,27+,28+,32-,37-,38+,42+,46-/m0/s1. The molecule has 0 aliphatic carbocycles. The van der Waals surface area contributed by atoms with Crippen LogP contribution >= 0.6 is 0 Å². The number of fused-ring (bicyclic) bond motifs is 14. The highest BCUT2D eigenvalue weighted by atomic mass is 16.7. The fourth-order valence-corrected chi connectivity index (χ4v) is 7.96. The number of esters is 1. The van der Waals surface area contributed by atoms with Crippen molar-refractivity contribution >= 4 is 40.3 Å². The number of hydrogen-bond donors (Lipinski definition) is 6. The van der Waals surface area contributed by atoms with Gasteiger partial charge in [0, 0.05) is 61.2 Å². The summed E-state index contributed by atoms with van der Waals surface area (Å²) in [5, 5.41) is 64.3. The van der Waals surface area contributed by atoms with Crippen LogP contribution in [0.5, 0.6) is 23.0 Å². The van der Waals surface area contributed by atoms with Gasteiger partial charge < -0.3 is 54.6 Å². The van der Waals surface area contributed by atoms with Crippen LogP contribution in [0.3, 0.4) is 0 Å². The van der Waals surface area contributed by atoms with E-state index >= 15 is 0 Å². The first-order valence-corrected chi connectivity index (χ1v) is 21.1. The van der Waals surface area contributed by atoms with Crippen LogP contribution in [-0.2, 0) is 28.6 Å². The Hall–Kier alpha value is -5.12. The van der Waals surface area contributed by atoms with Crippen LogP contribution in [-0.4, -0.2) is 93.3 Å². The number of rotatable bonds is 11. The largest absolute Gasteiger partial charge is 0.507 e. The average Bonchev–Trinajstić information content (AvgIpc) is 3.49. The number of nitrogens with one attached hydrogen (secondary N) is 1. The topological polar surface area (TPSA) is 223 Å². The van der Waals surface area contributed by atoms with Gasteiger partial charge in [-0.3, -0.25) is 14.4 Å². The third-order valence-corrected chi connectivity index (χ3v) is 11.9. The Morgan fingerprint density at radius 2 is 1.59 bits per heavy atom. The molecule has 0 saturated carbocycles. The third-order valence-electron chi connectivity index (χ3n) is 11.9. The van der Waals surface area contributed by atoms with E-state index in [9.17, 15) is 39.9 Å². The van der Waals surface area contributed by atoms with Crippen molar-refractivity contribution in [2.24, 2.45) is 28.8 Å². The second kappa shape index (κ2) is 21.1. The summed E-state index contributed by atoms with van der Waals surface area (Å²) in [6.45, 7) is 14.9. The van der Waals surface area contributed by atoms with E-state index in [-0.39, 0.29) is 51.1 Å². The number of Topliss-reactive ketones (excluding diaryl/α,β-unsaturated/α-hetero) is 1. The lowest BCUT2D eigenvalue weighted by Gasteiger charge is -2.38. The van der Waals surface area contributed by atoms with E-state index in [0.29, 0.717) is 0 Å². The molecule has 0 fully saturated rings. The lowest BCUT2D eigenvalue weighted by molar-refractivity contribution is -0.160. The number of aliphatic hydroxyl groups is 2. The number of ether oxygens (including phenoxy) is 4. The van der Waals surface area contributed by atoms with Crippen molar-refractivity contribution in [3.05, 3.63) is 52.8 Å². The number of amides is 1. The highest BCUT2D eigenvalue weighted by Crippen LogP contribution is 2.55. The fourth-order valence-electron chi connectivity index (χ4n) is 7.96. The Kier molecular flexibility index (Phi) is 16.8. The van der Waals surface area contributed by atoms with E-state index in [2.05, 4.69) is 17.4 Å². The maximum Gasteiger partial charge on any atom is 0.312 e. The third kappa shape index (κ3) is 10.7. The summed E-state index contributed by atoms with van der Waals surface area (Å²) in [5.41, 5.74) is -0.543. The zero-order chi connectivity index (χ0) is 45.3. The number of allylic oxidation sites excluding steroid dienone is 2. The summed E-state index contributed by atoms with van der Waals surface area (Å²) in [6, 6.07) is 0. The summed E-state index contributed by atoms with van der Waals surface area (Å²) in [6.07, 6.45) is 10.7. The molecule has 5 bridgehead atoms. The van der Waals surface area contributed by atoms with Crippen LogP contribution < -0.4 is 10.1 Å². The van der Waals surface area contributed by atoms with Gasteiger partial charge in [0.1, 0.15) is 30.0 Å². The predicted molar refractivity (Wildman–Crippen MR) is 231 cm³/mol. The molecule has 0 radical (unpaired) electrons. The molecule has 61 heavy (non-hydrogen) atoms. The SMILES string of the molecule is CCCCCCCCO/N=C\c1c2c(O)c3c(O)c(C)c4c(c3c1O)C(=O)[C@@](C)(O/C=C/[C@H](OC)[C@@H](C)[C@@H](OC(C)=O)[C@H](C)[C@H](O)[C@H](C)[C@@H](O)[C@@H](C)/C=C/C=C(/C)C(=O)N2)O4. The highest BCUT2D eigenvalue weighted by molar-refractivity contribution is 6.23. The Morgan fingerprint density at radius 1 is 0.918 bits per heavy atom. The number of ketones is 1. The number of aromatic hydroxyl groups is 3. The van der Waals surface area contributed by atoms with Crippen LogP contribution in [0.4, 0.5) is 5.69 Å². The maximum atomic E-state index is 14.4. The van der Waals surface area contributed by atoms with Crippen LogP contribution in [0.25, 0.3) is 10.8 Å². The molecule has 0 saturated heterocycles. The first kappa shape index (κ1) is 48.5. The van der Waals surface area contributed by atoms with Gasteiger partial charge in [-0.05, 0) is 32.8 Å². The molecule has 6 N–H and O–H groups in total. The molecule has 1 amide bonds. The van der Waals surface area contributed by atoms with Crippen LogP contribution in [0.15, 0.2) is 41.3 Å². The van der Waals surface area contributed by atoms with Crippen molar-refractivity contribution in [1.29, 1.82) is 0 Å². The molecular weight excluding hydrogens is 789 g/mol. The van der Waals surface area contributed by atoms with Crippen LogP contribution in [0.1, 0.15) is 115 Å². The molecule has 2 aromatic carbocycles. The number of carbonyl (C=O) groups is 3. The van der Waals surface area contributed by atoms with Gasteiger partial charge in [0.05, 0.1) is 53.0 Å². The molecule has 3 aliphatic heterocycles. The predicted octanol–water partition coefficient (Wildman–Crippen LogP) is 7.47. The van der Waals surface area contributed by atoms with Gasteiger partial charge in [0.25, 0.3) is 11.7 Å². The van der Waals surface area contributed by atoms with E-state index in [0.717, 1.165) is 44.7 Å². The van der Waals surface area contributed by atoms with Gasteiger partial charge in [-0.2, -0.15) is 0 Å². The van der Waals surface area contributed by atoms with Gasteiger partial charge in [0.15, 0.2) is 5.75 Å². The molecule has 3 aliphatic rings. The van der Waals surface area contributed by atoms with Gasteiger partial charge in [-0.1, -0.05) is 83.7 Å². The first-order chi connectivity index (χ1) is 28.8. The van der Waals surface area contributed by atoms with Crippen molar-refractivity contribution < 1.29 is 63.7 Å². The van der Waals surface area contributed by atoms with Crippen molar-refractivity contribution in [2.45, 2.75) is 131 Å². The molecule has 336 valence electrons. The van der Waals surface area contributed by atoms with E-state index < -0.39 is 88.8 Å². The molecular formula is C46H64N2O13. The highest BCUT2D eigenvalue weighted by Gasteiger charge is 2.50. The molecule has 15 heteroatoms. The summed E-state index contributed by atoms with van der Waals surface area (Å²) in [4.78, 5) is 45.9. The van der Waals surface area contributed by atoms with Gasteiger partial charge in [0.2, 0.25) is 0 Å². The number of anilines is 1. The number of nitrogens with zero attached hydrogens (tertiary/aromatic N) is 1. The molecule has 0 aromatic heterocycles. The van der Waals surface area contributed by atoms with Crippen molar-refractivity contribution in [2.75, 3.05) is 19.0 Å². The lowest BCUT2D eigenvalue weighted by atomic mass is 9.78. The maximum absolute atomic E-state index is 14.4. The number of phenols is 3. The lowest BCUT2D eigenvalue weighted by Crippen LogP contribution is -2.46. The zero-order valence-electron chi connectivity index (χ0n) is 37.0. The minimum Gasteiger partial charge on any atom is -0.507 e. The molecule has 2 aromatic rings. The summed E-state index contributed by atoms with van der Waals surface area (Å²) in [5.74, 6) is -8.55. The summed E-state index contributed by atoms with van der Waals surface area (Å²) in [7, 11) is 1.43. The van der Waals surface area contributed by atoms with Crippen LogP contribution in [0, 0.1) is 30.6 Å². The second-order valence-electron chi connectivity index (χ2n) is 16.5. The number of unbranched alkanes of at least 4 members (excludes halogenated alkanes) is 5. The fraction of sp³-hybridized carbons (Fsp3) is 0.565. The zero-order valence-corrected chi connectivity index (χ0v) is 37.0. The number of benzene rings is 2. The smallest absolute Gasteiger partial charge is 0.312 e. The van der Waals surface area contributed by atoms with Gasteiger partial charge in [-0.25, -0.2) is 0 Å². The molecule has 5 rings (SSSR count). The molecule has 0 unspecified atom stereocenters. The van der Waals surface area contributed by atoms with E-state index in [1.807, 2.05) is 0 Å². The quantitative estimate of drug-likeness (QED) is 0.0323. The Bertz CT molecular complexity index is 2040. The minimum atomic E-state index is -2.06. The number of oxime groups is 1. The number of methoxy groups -OCH3 is 1. The Labute approximate surface area is 358 Å². The van der Waals surface area contributed by atoms with E-state index in [4.69, 9.17) is 23.8 Å². The van der Waals surface area contributed by atoms with E-state index in [1.165, 1.54) is 53.2 Å². The summed E-state index contributed by atoms with van der Waals surface area (Å²) >= 11 is 0. The minimum absolute atomic E-state index is 0.0419. The van der Waals surface area contributed by atoms with Gasteiger partial charge >= 0.3 is 11.8 Å². The number of carbonyl (C=O) groups excluding carboxylic acids is 3. The number of phenolic OH excluding ortho intramolecular Hbond substituents is 3. The Morgan fingerprint density at radius 3 is 2.25 bits per heavy atom. The number of hydrogen-bond acceptors (Lipinski definition) is 14. The van der Waals surface area contributed by atoms with Crippen molar-refractivity contribution in [3.63, 3.8) is 0 Å². The normalized spacial score (nSPS) is 29.5. The Balaban J connectivity index is 1.90. The molecule has 9 atom stereocenters.